The van der Waals surface area contributed by atoms with E-state index in [1.54, 1.807) is 6.07 Å². The Morgan fingerprint density at radius 3 is 2.44 bits per heavy atom. The molecule has 2 heteroatoms. The summed E-state index contributed by atoms with van der Waals surface area (Å²) in [7, 11) is 2.47. The Kier molecular flexibility index (Phi) is 1.96. The van der Waals surface area contributed by atoms with Gasteiger partial charge in [-0.3, -0.25) is 4.79 Å². The van der Waals surface area contributed by atoms with Crippen molar-refractivity contribution in [1.82, 2.24) is 0 Å². The summed E-state index contributed by atoms with van der Waals surface area (Å²) in [6.07, 6.45) is 1.82. The number of carbonyl (C=O) groups excluding carboxylic acids is 1. The van der Waals surface area contributed by atoms with Crippen LogP contribution in [0.15, 0.2) is 24.3 Å². The lowest BCUT2D eigenvalue weighted by Gasteiger charge is -1.91. The van der Waals surface area contributed by atoms with Crippen LogP contribution in [0.2, 0.25) is 0 Å². The second-order valence-electron chi connectivity index (χ2n) is 1.69. The largest absolute Gasteiger partial charge is 0.285 e. The second kappa shape index (κ2) is 2.75. The molecule has 1 nitrogen and oxygen atoms in total. The molecule has 45 valence electrons. The molecule has 1 atom stereocenters. The first kappa shape index (κ1) is 6.44. The topological polar surface area (TPSA) is 17.1 Å². The fourth-order valence-corrected chi connectivity index (χ4v) is 0.856. The van der Waals surface area contributed by atoms with Crippen LogP contribution in [-0.2, 0) is 4.79 Å². The zero-order valence-corrected chi connectivity index (χ0v) is 5.95. The maximum atomic E-state index is 10.1. The Bertz CT molecular complexity index is 220. The highest BCUT2D eigenvalue weighted by Gasteiger charge is 1.91. The molecule has 1 aromatic rings. The van der Waals surface area contributed by atoms with Crippen molar-refractivity contribution in [3.63, 3.8) is 0 Å². The second-order valence-corrected chi connectivity index (χ2v) is 2.31. The third kappa shape index (κ3) is 1.36. The number of benzene rings is 1. The van der Waals surface area contributed by atoms with Crippen molar-refractivity contribution in [3.8, 4) is 0 Å². The Labute approximate surface area is 56.3 Å². The molecule has 0 heterocycles. The van der Waals surface area contributed by atoms with Crippen LogP contribution in [0.4, 0.5) is 0 Å². The molecule has 0 amide bonds. The summed E-state index contributed by atoms with van der Waals surface area (Å²) < 4.78 is 0. The first-order chi connectivity index (χ1) is 4.34. The highest BCUT2D eigenvalue weighted by Crippen LogP contribution is 1.95. The van der Waals surface area contributed by atoms with Gasteiger partial charge in [-0.1, -0.05) is 24.3 Å². The van der Waals surface area contributed by atoms with Gasteiger partial charge >= 0.3 is 0 Å². The zero-order valence-electron chi connectivity index (χ0n) is 4.79. The van der Waals surface area contributed by atoms with Gasteiger partial charge in [0, 0.05) is 5.56 Å². The molecule has 0 bridgehead atoms. The number of rotatable bonds is 1. The average Bonchev–Trinajstić information content (AvgIpc) is 1.89. The standard InChI is InChI=1S/C7H6OP/c8-5-6-3-1-2-4-7(6)9/h1-4H,9H2. The van der Waals surface area contributed by atoms with E-state index in [0.29, 0.717) is 5.56 Å². The third-order valence-corrected chi connectivity index (χ3v) is 1.57. The summed E-state index contributed by atoms with van der Waals surface area (Å²) in [5.41, 5.74) is 0.613. The summed E-state index contributed by atoms with van der Waals surface area (Å²) >= 11 is 0. The molecule has 0 aliphatic rings. The van der Waals surface area contributed by atoms with Crippen LogP contribution in [0.3, 0.4) is 0 Å². The lowest BCUT2D eigenvalue weighted by atomic mass is 10.2. The first-order valence-corrected chi connectivity index (χ1v) is 3.15. The van der Waals surface area contributed by atoms with Crippen LogP contribution in [0, 0.1) is 0 Å². The Hall–Kier alpha value is -0.680. The van der Waals surface area contributed by atoms with Crippen molar-refractivity contribution in [3.05, 3.63) is 29.8 Å². The van der Waals surface area contributed by atoms with Crippen molar-refractivity contribution in [1.29, 1.82) is 0 Å². The molecule has 0 N–H and O–H groups in total. The van der Waals surface area contributed by atoms with Gasteiger partial charge in [0.05, 0.1) is 0 Å². The van der Waals surface area contributed by atoms with Gasteiger partial charge in [0.15, 0.2) is 0 Å². The minimum absolute atomic E-state index is 0.613. The van der Waals surface area contributed by atoms with E-state index in [9.17, 15) is 4.79 Å². The molecule has 9 heavy (non-hydrogen) atoms. The number of hydrogen-bond donors (Lipinski definition) is 0. The third-order valence-electron chi connectivity index (χ3n) is 1.07. The highest BCUT2D eigenvalue weighted by atomic mass is 31.0. The maximum Gasteiger partial charge on any atom is 0.234 e. The van der Waals surface area contributed by atoms with Gasteiger partial charge in [-0.2, -0.15) is 0 Å². The Morgan fingerprint density at radius 2 is 2.00 bits per heavy atom. The Balaban J connectivity index is 3.15. The van der Waals surface area contributed by atoms with E-state index in [4.69, 9.17) is 0 Å². The SMILES string of the molecule is O=[C]c1ccccc1P. The van der Waals surface area contributed by atoms with Crippen LogP contribution in [0.25, 0.3) is 0 Å². The smallest absolute Gasteiger partial charge is 0.234 e. The van der Waals surface area contributed by atoms with Gasteiger partial charge < -0.3 is 0 Å². The van der Waals surface area contributed by atoms with E-state index >= 15 is 0 Å². The monoisotopic (exact) mass is 137 g/mol. The van der Waals surface area contributed by atoms with Crippen molar-refractivity contribution < 1.29 is 4.79 Å². The van der Waals surface area contributed by atoms with E-state index in [1.807, 2.05) is 24.5 Å². The maximum absolute atomic E-state index is 10.1. The van der Waals surface area contributed by atoms with Gasteiger partial charge in [-0.05, 0) is 5.30 Å². The van der Waals surface area contributed by atoms with Crippen LogP contribution in [0.5, 0.6) is 0 Å². The van der Waals surface area contributed by atoms with Gasteiger partial charge in [-0.15, -0.1) is 9.24 Å². The van der Waals surface area contributed by atoms with Crippen LogP contribution >= 0.6 is 9.24 Å². The van der Waals surface area contributed by atoms with E-state index in [-0.39, 0.29) is 0 Å². The molecule has 0 aromatic heterocycles. The minimum atomic E-state index is 0.613. The van der Waals surface area contributed by atoms with Crippen molar-refractivity contribution >= 4 is 20.8 Å². The van der Waals surface area contributed by atoms with Crippen molar-refractivity contribution in [2.75, 3.05) is 0 Å². The summed E-state index contributed by atoms with van der Waals surface area (Å²) in [6, 6.07) is 7.28. The molecular formula is C7H6OP. The fraction of sp³-hybridized carbons (Fsp3) is 0. The lowest BCUT2D eigenvalue weighted by molar-refractivity contribution is 0.563. The molecule has 0 spiro atoms. The van der Waals surface area contributed by atoms with E-state index < -0.39 is 0 Å². The van der Waals surface area contributed by atoms with Gasteiger partial charge in [0.25, 0.3) is 0 Å². The molecule has 1 rings (SSSR count). The fourth-order valence-electron chi connectivity index (χ4n) is 0.590. The van der Waals surface area contributed by atoms with Gasteiger partial charge in [0.1, 0.15) is 0 Å². The molecule has 1 radical (unpaired) electrons. The minimum Gasteiger partial charge on any atom is -0.285 e. The molecule has 0 aliphatic heterocycles. The van der Waals surface area contributed by atoms with Crippen LogP contribution in [0.1, 0.15) is 5.56 Å². The Morgan fingerprint density at radius 1 is 1.33 bits per heavy atom. The van der Waals surface area contributed by atoms with Gasteiger partial charge in [0.2, 0.25) is 6.29 Å². The molecule has 0 saturated heterocycles. The predicted octanol–water partition coefficient (Wildman–Crippen LogP) is 0.645. The normalized spacial score (nSPS) is 9.00. The molecule has 0 saturated carbocycles. The quantitative estimate of drug-likeness (QED) is 0.519. The van der Waals surface area contributed by atoms with E-state index in [1.165, 1.54) is 0 Å². The van der Waals surface area contributed by atoms with Crippen LogP contribution < -0.4 is 5.30 Å². The molecule has 1 unspecified atom stereocenters. The molecule has 0 fully saturated rings. The summed E-state index contributed by atoms with van der Waals surface area (Å²) in [5.74, 6) is 0. The first-order valence-electron chi connectivity index (χ1n) is 2.57. The lowest BCUT2D eigenvalue weighted by Crippen LogP contribution is -1.97. The average molecular weight is 137 g/mol. The molecule has 1 aromatic carbocycles. The molecular weight excluding hydrogens is 131 g/mol. The van der Waals surface area contributed by atoms with Gasteiger partial charge in [-0.25, -0.2) is 0 Å². The molecule has 0 aliphatic carbocycles. The highest BCUT2D eigenvalue weighted by molar-refractivity contribution is 7.27. The number of hydrogen-bond acceptors (Lipinski definition) is 1. The predicted molar refractivity (Wildman–Crippen MR) is 40.6 cm³/mol. The zero-order chi connectivity index (χ0) is 6.69. The summed E-state index contributed by atoms with van der Waals surface area (Å²) in [6.45, 7) is 0. The van der Waals surface area contributed by atoms with E-state index in [2.05, 4.69) is 9.24 Å². The summed E-state index contributed by atoms with van der Waals surface area (Å²) in [4.78, 5) is 10.1. The van der Waals surface area contributed by atoms with E-state index in [0.717, 1.165) is 5.30 Å². The van der Waals surface area contributed by atoms with Crippen LogP contribution in [-0.4, -0.2) is 6.29 Å². The van der Waals surface area contributed by atoms with Crippen molar-refractivity contribution in [2.24, 2.45) is 0 Å². The summed E-state index contributed by atoms with van der Waals surface area (Å²) in [5, 5.41) is 0.896. The van der Waals surface area contributed by atoms with Crippen molar-refractivity contribution in [2.45, 2.75) is 0 Å².